The molecule has 0 saturated carbocycles. The van der Waals surface area contributed by atoms with E-state index in [9.17, 15) is 14.0 Å². The van der Waals surface area contributed by atoms with Gasteiger partial charge in [-0.05, 0) is 41.0 Å². The van der Waals surface area contributed by atoms with E-state index in [-0.39, 0.29) is 22.6 Å². The highest BCUT2D eigenvalue weighted by Gasteiger charge is 2.14. The summed E-state index contributed by atoms with van der Waals surface area (Å²) in [5, 5.41) is 9.22. The van der Waals surface area contributed by atoms with Crippen LogP contribution in [0, 0.1) is 5.82 Å². The summed E-state index contributed by atoms with van der Waals surface area (Å²) < 4.78 is 14.7. The van der Waals surface area contributed by atoms with Gasteiger partial charge in [0.25, 0.3) is 11.5 Å². The number of aromatic amines is 1. The topological polar surface area (TPSA) is 79.3 Å². The van der Waals surface area contributed by atoms with Gasteiger partial charge >= 0.3 is 0 Å². The van der Waals surface area contributed by atoms with Crippen LogP contribution < -0.4 is 10.9 Å². The first kappa shape index (κ1) is 19.7. The van der Waals surface area contributed by atoms with Crippen molar-refractivity contribution in [1.82, 2.24) is 19.9 Å². The highest BCUT2D eigenvalue weighted by atomic mass is 19.1. The van der Waals surface area contributed by atoms with Crippen molar-refractivity contribution in [1.29, 1.82) is 0 Å². The van der Waals surface area contributed by atoms with Crippen LogP contribution in [0.15, 0.2) is 83.8 Å². The molecular formula is C25H19FN4O2. The van der Waals surface area contributed by atoms with Gasteiger partial charge in [0.1, 0.15) is 11.3 Å². The Bertz CT molecular complexity index is 1520. The molecule has 0 spiro atoms. The second-order valence-electron chi connectivity index (χ2n) is 7.55. The number of aromatic nitrogens is 3. The maximum Gasteiger partial charge on any atom is 0.274 e. The van der Waals surface area contributed by atoms with Crippen LogP contribution in [0.4, 0.5) is 4.39 Å². The van der Waals surface area contributed by atoms with Crippen molar-refractivity contribution in [3.8, 4) is 11.3 Å². The molecule has 0 aliphatic rings. The molecule has 0 saturated heterocycles. The first-order valence-corrected chi connectivity index (χ1v) is 10.2. The number of halogens is 1. The van der Waals surface area contributed by atoms with E-state index in [0.29, 0.717) is 18.7 Å². The molecule has 0 aliphatic heterocycles. The number of carbonyl (C=O) groups excluding carboxylic acids is 1. The predicted octanol–water partition coefficient (Wildman–Crippen LogP) is 3.95. The molecule has 2 aromatic heterocycles. The molecule has 5 rings (SSSR count). The molecular weight excluding hydrogens is 407 g/mol. The van der Waals surface area contributed by atoms with Crippen LogP contribution in [-0.4, -0.2) is 27.0 Å². The van der Waals surface area contributed by atoms with Gasteiger partial charge in [0.15, 0.2) is 5.69 Å². The molecule has 1 amide bonds. The summed E-state index contributed by atoms with van der Waals surface area (Å²) >= 11 is 0. The minimum atomic E-state index is -0.392. The molecule has 32 heavy (non-hydrogen) atoms. The Kier molecular flexibility index (Phi) is 4.99. The SMILES string of the molecule is O=C(NCCc1cccc(F)c1)c1cc2c(=O)[nH]c(-c3ccc4ccccc4c3)cn2n1. The summed E-state index contributed by atoms with van der Waals surface area (Å²) in [5.41, 5.74) is 2.34. The van der Waals surface area contributed by atoms with Gasteiger partial charge in [0, 0.05) is 18.2 Å². The van der Waals surface area contributed by atoms with E-state index in [2.05, 4.69) is 15.4 Å². The molecule has 0 atom stereocenters. The van der Waals surface area contributed by atoms with E-state index in [1.807, 2.05) is 42.5 Å². The van der Waals surface area contributed by atoms with Crippen LogP contribution in [0.1, 0.15) is 16.1 Å². The first-order chi connectivity index (χ1) is 15.6. The lowest BCUT2D eigenvalue weighted by atomic mass is 10.1. The van der Waals surface area contributed by atoms with Crippen molar-refractivity contribution in [2.24, 2.45) is 0 Å². The Labute approximate surface area is 182 Å². The summed E-state index contributed by atoms with van der Waals surface area (Å²) in [6, 6.07) is 21.6. The van der Waals surface area contributed by atoms with Gasteiger partial charge in [-0.25, -0.2) is 8.91 Å². The van der Waals surface area contributed by atoms with Gasteiger partial charge in [-0.1, -0.05) is 48.5 Å². The monoisotopic (exact) mass is 426 g/mol. The molecule has 5 aromatic rings. The predicted molar refractivity (Wildman–Crippen MR) is 121 cm³/mol. The fourth-order valence-electron chi connectivity index (χ4n) is 3.72. The van der Waals surface area contributed by atoms with Gasteiger partial charge in [-0.3, -0.25) is 9.59 Å². The van der Waals surface area contributed by atoms with E-state index >= 15 is 0 Å². The van der Waals surface area contributed by atoms with E-state index < -0.39 is 5.91 Å². The standard InChI is InChI=1S/C25H19FN4O2/c26-20-7-3-4-16(12-20)10-11-27-24(31)21-14-23-25(32)28-22(15-30(23)29-21)19-9-8-17-5-1-2-6-18(17)13-19/h1-9,12-15H,10-11H2,(H,27,31)(H,28,32). The molecule has 7 heteroatoms. The molecule has 0 aliphatic carbocycles. The lowest BCUT2D eigenvalue weighted by Gasteiger charge is -2.05. The number of nitrogens with one attached hydrogen (secondary N) is 2. The van der Waals surface area contributed by atoms with E-state index in [4.69, 9.17) is 0 Å². The molecule has 0 radical (unpaired) electrons. The van der Waals surface area contributed by atoms with Gasteiger partial charge in [-0.15, -0.1) is 0 Å². The number of rotatable bonds is 5. The van der Waals surface area contributed by atoms with Gasteiger partial charge in [0.05, 0.1) is 11.9 Å². The fourth-order valence-corrected chi connectivity index (χ4v) is 3.72. The number of benzene rings is 3. The zero-order valence-electron chi connectivity index (χ0n) is 17.0. The third-order valence-corrected chi connectivity index (χ3v) is 5.35. The van der Waals surface area contributed by atoms with Crippen molar-refractivity contribution in [3.05, 3.63) is 106 Å². The average molecular weight is 426 g/mol. The van der Waals surface area contributed by atoms with Crippen molar-refractivity contribution in [3.63, 3.8) is 0 Å². The fraction of sp³-hybridized carbons (Fsp3) is 0.0800. The largest absolute Gasteiger partial charge is 0.350 e. The van der Waals surface area contributed by atoms with Gasteiger partial charge in [-0.2, -0.15) is 5.10 Å². The molecule has 2 N–H and O–H groups in total. The van der Waals surface area contributed by atoms with Gasteiger partial charge in [0.2, 0.25) is 0 Å². The number of H-pyrrole nitrogens is 1. The Morgan fingerprint density at radius 2 is 1.84 bits per heavy atom. The highest BCUT2D eigenvalue weighted by molar-refractivity contribution is 5.93. The second-order valence-corrected chi connectivity index (χ2v) is 7.55. The first-order valence-electron chi connectivity index (χ1n) is 10.2. The highest BCUT2D eigenvalue weighted by Crippen LogP contribution is 2.22. The Morgan fingerprint density at radius 1 is 1.00 bits per heavy atom. The molecule has 2 heterocycles. The van der Waals surface area contributed by atoms with E-state index in [1.54, 1.807) is 18.3 Å². The van der Waals surface area contributed by atoms with Crippen LogP contribution in [0.5, 0.6) is 0 Å². The molecule has 6 nitrogen and oxygen atoms in total. The summed E-state index contributed by atoms with van der Waals surface area (Å²) in [6.07, 6.45) is 2.19. The maximum absolute atomic E-state index is 13.3. The summed E-state index contributed by atoms with van der Waals surface area (Å²) in [7, 11) is 0. The van der Waals surface area contributed by atoms with Crippen LogP contribution in [-0.2, 0) is 6.42 Å². The number of carbonyl (C=O) groups is 1. The average Bonchev–Trinajstić information content (AvgIpc) is 3.24. The summed E-state index contributed by atoms with van der Waals surface area (Å²) in [4.78, 5) is 28.0. The lowest BCUT2D eigenvalue weighted by Crippen LogP contribution is -2.26. The molecule has 158 valence electrons. The van der Waals surface area contributed by atoms with Crippen LogP contribution in [0.2, 0.25) is 0 Å². The zero-order valence-corrected chi connectivity index (χ0v) is 17.0. The number of nitrogens with zero attached hydrogens (tertiary/aromatic N) is 2. The zero-order chi connectivity index (χ0) is 22.1. The molecule has 0 fully saturated rings. The minimum Gasteiger partial charge on any atom is -0.350 e. The Hall–Kier alpha value is -4.26. The van der Waals surface area contributed by atoms with Crippen molar-refractivity contribution >= 4 is 22.2 Å². The van der Waals surface area contributed by atoms with Crippen molar-refractivity contribution in [2.75, 3.05) is 6.54 Å². The smallest absolute Gasteiger partial charge is 0.274 e. The number of amides is 1. The molecule has 0 unspecified atom stereocenters. The summed E-state index contributed by atoms with van der Waals surface area (Å²) in [6.45, 7) is 0.328. The quantitative estimate of drug-likeness (QED) is 0.447. The minimum absolute atomic E-state index is 0.144. The Balaban J connectivity index is 1.38. The van der Waals surface area contributed by atoms with E-state index in [1.165, 1.54) is 22.7 Å². The number of hydrogen-bond donors (Lipinski definition) is 2. The molecule has 0 bridgehead atoms. The van der Waals surface area contributed by atoms with E-state index in [0.717, 1.165) is 21.9 Å². The number of fused-ring (bicyclic) bond motifs is 2. The molecule has 3 aromatic carbocycles. The third-order valence-electron chi connectivity index (χ3n) is 5.35. The van der Waals surface area contributed by atoms with Crippen LogP contribution in [0.3, 0.4) is 0 Å². The van der Waals surface area contributed by atoms with Crippen LogP contribution >= 0.6 is 0 Å². The Morgan fingerprint density at radius 3 is 2.69 bits per heavy atom. The van der Waals surface area contributed by atoms with Crippen LogP contribution in [0.25, 0.3) is 27.5 Å². The number of hydrogen-bond acceptors (Lipinski definition) is 3. The van der Waals surface area contributed by atoms with Gasteiger partial charge < -0.3 is 10.3 Å². The normalized spacial score (nSPS) is 11.2. The maximum atomic E-state index is 13.3. The van der Waals surface area contributed by atoms with Crippen molar-refractivity contribution < 1.29 is 9.18 Å². The van der Waals surface area contributed by atoms with Crippen molar-refractivity contribution in [2.45, 2.75) is 6.42 Å². The third kappa shape index (κ3) is 3.88. The summed E-state index contributed by atoms with van der Waals surface area (Å²) in [5.74, 6) is -0.702. The second kappa shape index (κ2) is 8.11. The lowest BCUT2D eigenvalue weighted by molar-refractivity contribution is 0.0949.